The fourth-order valence-electron chi connectivity index (χ4n) is 2.40. The van der Waals surface area contributed by atoms with Gasteiger partial charge in [-0.15, -0.1) is 0 Å². The van der Waals surface area contributed by atoms with Crippen LogP contribution in [-0.2, 0) is 0 Å². The van der Waals surface area contributed by atoms with Crippen molar-refractivity contribution in [3.8, 4) is 0 Å². The number of rotatable bonds is 4. The van der Waals surface area contributed by atoms with Gasteiger partial charge in [0.1, 0.15) is 0 Å². The van der Waals surface area contributed by atoms with Crippen LogP contribution in [0.4, 0.5) is 10.5 Å². The average Bonchev–Trinajstić information content (AvgIpc) is 2.84. The first kappa shape index (κ1) is 15.8. The van der Waals surface area contributed by atoms with Gasteiger partial charge in [-0.05, 0) is 44.1 Å². The number of nitrogens with zero attached hydrogens (tertiary/aromatic N) is 1. The van der Waals surface area contributed by atoms with Crippen LogP contribution in [-0.4, -0.2) is 48.7 Å². The molecule has 1 atom stereocenters. The van der Waals surface area contributed by atoms with E-state index in [1.165, 1.54) is 6.07 Å². The van der Waals surface area contributed by atoms with Crippen molar-refractivity contribution in [2.24, 2.45) is 5.92 Å². The van der Waals surface area contributed by atoms with Gasteiger partial charge in [0.25, 0.3) is 0 Å². The van der Waals surface area contributed by atoms with E-state index >= 15 is 0 Å². The molecule has 0 saturated carbocycles. The molecule has 0 radical (unpaired) electrons. The molecule has 1 unspecified atom stereocenters. The summed E-state index contributed by atoms with van der Waals surface area (Å²) in [4.78, 5) is 25.3. The van der Waals surface area contributed by atoms with E-state index in [1.807, 2.05) is 0 Å². The van der Waals surface area contributed by atoms with E-state index in [0.717, 1.165) is 19.5 Å². The summed E-state index contributed by atoms with van der Waals surface area (Å²) >= 11 is 3.22. The highest BCUT2D eigenvalue weighted by molar-refractivity contribution is 9.10. The van der Waals surface area contributed by atoms with Crippen molar-refractivity contribution in [2.45, 2.75) is 6.42 Å². The van der Waals surface area contributed by atoms with E-state index in [2.05, 4.69) is 38.5 Å². The van der Waals surface area contributed by atoms with Crippen molar-refractivity contribution in [1.29, 1.82) is 0 Å². The van der Waals surface area contributed by atoms with Crippen molar-refractivity contribution in [2.75, 3.05) is 32.0 Å². The lowest BCUT2D eigenvalue weighted by atomic mass is 10.1. The van der Waals surface area contributed by atoms with Crippen LogP contribution in [0.15, 0.2) is 22.7 Å². The van der Waals surface area contributed by atoms with Crippen molar-refractivity contribution < 1.29 is 14.7 Å². The number of carbonyl (C=O) groups excluding carboxylic acids is 1. The topological polar surface area (TPSA) is 81.7 Å². The van der Waals surface area contributed by atoms with Gasteiger partial charge in [0.2, 0.25) is 0 Å². The van der Waals surface area contributed by atoms with Crippen LogP contribution in [0.5, 0.6) is 0 Å². The Morgan fingerprint density at radius 1 is 1.48 bits per heavy atom. The molecule has 1 aromatic rings. The maximum atomic E-state index is 11.9. The maximum Gasteiger partial charge on any atom is 0.337 e. The Kier molecular flexibility index (Phi) is 5.19. The molecule has 3 N–H and O–H groups in total. The molecule has 0 aliphatic carbocycles. The first-order chi connectivity index (χ1) is 9.95. The maximum absolute atomic E-state index is 11.9. The molecule has 0 spiro atoms. The van der Waals surface area contributed by atoms with Gasteiger partial charge in [0.05, 0.1) is 11.3 Å². The van der Waals surface area contributed by atoms with E-state index in [1.54, 1.807) is 12.1 Å². The lowest BCUT2D eigenvalue weighted by Crippen LogP contribution is -2.34. The summed E-state index contributed by atoms with van der Waals surface area (Å²) in [6.45, 7) is 2.61. The van der Waals surface area contributed by atoms with E-state index in [-0.39, 0.29) is 17.3 Å². The van der Waals surface area contributed by atoms with Gasteiger partial charge in [-0.1, -0.05) is 15.9 Å². The molecule has 6 nitrogen and oxygen atoms in total. The minimum atomic E-state index is -1.08. The number of amides is 2. The lowest BCUT2D eigenvalue weighted by molar-refractivity contribution is 0.0698. The van der Waals surface area contributed by atoms with Gasteiger partial charge in [0, 0.05) is 17.6 Å². The number of carboxylic acids is 1. The summed E-state index contributed by atoms with van der Waals surface area (Å²) in [5.41, 5.74) is 0.340. The largest absolute Gasteiger partial charge is 0.478 e. The second-order valence-electron chi connectivity index (χ2n) is 5.25. The van der Waals surface area contributed by atoms with Crippen LogP contribution in [0.1, 0.15) is 16.8 Å². The molecule has 1 saturated heterocycles. The number of hydrogen-bond acceptors (Lipinski definition) is 3. The first-order valence-corrected chi connectivity index (χ1v) is 7.51. The van der Waals surface area contributed by atoms with Crippen molar-refractivity contribution >= 4 is 33.6 Å². The van der Waals surface area contributed by atoms with Crippen LogP contribution in [0, 0.1) is 5.92 Å². The predicted molar refractivity (Wildman–Crippen MR) is 83.7 cm³/mol. The summed E-state index contributed by atoms with van der Waals surface area (Å²) in [6, 6.07) is 4.34. The number of halogens is 1. The molecule has 1 aliphatic rings. The molecule has 2 amide bonds. The summed E-state index contributed by atoms with van der Waals surface area (Å²) in [7, 11) is 2.06. The smallest absolute Gasteiger partial charge is 0.337 e. The number of anilines is 1. The van der Waals surface area contributed by atoms with E-state index in [4.69, 9.17) is 5.11 Å². The fraction of sp³-hybridized carbons (Fsp3) is 0.429. The Bertz CT molecular complexity index is 550. The number of hydrogen-bond donors (Lipinski definition) is 3. The van der Waals surface area contributed by atoms with Crippen molar-refractivity contribution in [3.05, 3.63) is 28.2 Å². The van der Waals surface area contributed by atoms with Crippen molar-refractivity contribution in [3.63, 3.8) is 0 Å². The first-order valence-electron chi connectivity index (χ1n) is 6.72. The normalized spacial score (nSPS) is 18.5. The molecule has 1 aliphatic heterocycles. The number of aromatic carboxylic acids is 1. The molecule has 1 heterocycles. The number of nitrogens with one attached hydrogen (secondary N) is 2. The van der Waals surface area contributed by atoms with Gasteiger partial charge in [-0.2, -0.15) is 0 Å². The van der Waals surface area contributed by atoms with E-state index < -0.39 is 5.97 Å². The number of benzene rings is 1. The Morgan fingerprint density at radius 2 is 2.24 bits per heavy atom. The summed E-state index contributed by atoms with van der Waals surface area (Å²) in [5, 5.41) is 14.5. The molecule has 0 bridgehead atoms. The molecule has 2 rings (SSSR count). The highest BCUT2D eigenvalue weighted by Crippen LogP contribution is 2.21. The van der Waals surface area contributed by atoms with Crippen LogP contribution in [0.3, 0.4) is 0 Å². The highest BCUT2D eigenvalue weighted by atomic mass is 79.9. The third-order valence-corrected chi connectivity index (χ3v) is 3.99. The monoisotopic (exact) mass is 355 g/mol. The minimum absolute atomic E-state index is 0.0557. The third kappa shape index (κ3) is 4.44. The highest BCUT2D eigenvalue weighted by Gasteiger charge is 2.20. The quantitative estimate of drug-likeness (QED) is 0.773. The standard InChI is InChI=1S/C14H18BrN3O3/c1-18-5-4-9(8-18)7-16-14(21)17-12-3-2-10(15)6-11(12)13(19)20/h2-3,6,9H,4-5,7-8H2,1H3,(H,19,20)(H2,16,17,21). The number of urea groups is 1. The second kappa shape index (κ2) is 6.91. The zero-order chi connectivity index (χ0) is 15.4. The average molecular weight is 356 g/mol. The Labute approximate surface area is 131 Å². The second-order valence-corrected chi connectivity index (χ2v) is 6.16. The van der Waals surface area contributed by atoms with E-state index in [0.29, 0.717) is 16.9 Å². The Morgan fingerprint density at radius 3 is 2.86 bits per heavy atom. The zero-order valence-corrected chi connectivity index (χ0v) is 13.3. The summed E-state index contributed by atoms with van der Waals surface area (Å²) < 4.78 is 0.653. The molecule has 21 heavy (non-hydrogen) atoms. The van der Waals surface area contributed by atoms with Gasteiger partial charge >= 0.3 is 12.0 Å². The van der Waals surface area contributed by atoms with E-state index in [9.17, 15) is 9.59 Å². The zero-order valence-electron chi connectivity index (χ0n) is 11.7. The Hall–Kier alpha value is -1.60. The lowest BCUT2D eigenvalue weighted by Gasteiger charge is -2.13. The van der Waals surface area contributed by atoms with Gasteiger partial charge < -0.3 is 20.6 Å². The molecule has 1 aromatic carbocycles. The third-order valence-electron chi connectivity index (χ3n) is 3.50. The molecule has 7 heteroatoms. The summed E-state index contributed by atoms with van der Waals surface area (Å²) in [6.07, 6.45) is 1.06. The number of carboxylic acid groups (broad SMARTS) is 1. The molecule has 0 aromatic heterocycles. The fourth-order valence-corrected chi connectivity index (χ4v) is 2.76. The summed E-state index contributed by atoms with van der Waals surface area (Å²) in [5.74, 6) is -0.631. The predicted octanol–water partition coefficient (Wildman–Crippen LogP) is 2.22. The van der Waals surface area contributed by atoms with Gasteiger partial charge in [-0.3, -0.25) is 0 Å². The minimum Gasteiger partial charge on any atom is -0.478 e. The van der Waals surface area contributed by atoms with Crippen LogP contribution in [0.2, 0.25) is 0 Å². The number of carbonyl (C=O) groups is 2. The van der Waals surface area contributed by atoms with Gasteiger partial charge in [0.15, 0.2) is 0 Å². The molecule has 114 valence electrons. The Balaban J connectivity index is 1.92. The SMILES string of the molecule is CN1CCC(CNC(=O)Nc2ccc(Br)cc2C(=O)O)C1. The van der Waals surface area contributed by atoms with Crippen LogP contribution in [0.25, 0.3) is 0 Å². The molecule has 1 fully saturated rings. The van der Waals surface area contributed by atoms with Crippen molar-refractivity contribution in [1.82, 2.24) is 10.2 Å². The molecular weight excluding hydrogens is 338 g/mol. The van der Waals surface area contributed by atoms with Crippen LogP contribution < -0.4 is 10.6 Å². The van der Waals surface area contributed by atoms with Crippen LogP contribution >= 0.6 is 15.9 Å². The molecular formula is C14H18BrN3O3. The number of likely N-dealkylation sites (tertiary alicyclic amines) is 1. The van der Waals surface area contributed by atoms with Gasteiger partial charge in [-0.25, -0.2) is 9.59 Å².